The smallest absolute Gasteiger partial charge is 0.271 e. The Morgan fingerprint density at radius 2 is 2.11 bits per heavy atom. The number of nitrogens with zero attached hydrogens (tertiary/aromatic N) is 1. The van der Waals surface area contributed by atoms with Crippen molar-refractivity contribution in [3.63, 3.8) is 0 Å². The number of non-ortho nitro benzene ring substituents is 1. The number of rotatable bonds is 3. The fraction of sp³-hybridized carbons (Fsp3) is 0.250. The zero-order valence-electron chi connectivity index (χ0n) is 9.70. The molecule has 0 heterocycles. The lowest BCUT2D eigenvalue weighted by atomic mass is 10.2. The Bertz CT molecular complexity index is 566. The van der Waals surface area contributed by atoms with Gasteiger partial charge in [0.2, 0.25) is 0 Å². The summed E-state index contributed by atoms with van der Waals surface area (Å²) < 4.78 is 0. The van der Waals surface area contributed by atoms with Gasteiger partial charge < -0.3 is 5.32 Å². The summed E-state index contributed by atoms with van der Waals surface area (Å²) in [6.07, 6.45) is 1.09. The van der Waals surface area contributed by atoms with Gasteiger partial charge in [0.05, 0.1) is 15.6 Å². The minimum absolute atomic E-state index is 0.0375. The van der Waals surface area contributed by atoms with Crippen LogP contribution in [0.5, 0.6) is 0 Å². The SMILES string of the molecule is CC1=C(Nc2cc([N+](=O)[O-])ccc2Cl)CCC1=O. The normalized spacial score (nSPS) is 15.1. The maximum Gasteiger partial charge on any atom is 0.271 e. The largest absolute Gasteiger partial charge is 0.357 e. The van der Waals surface area contributed by atoms with Gasteiger partial charge in [-0.05, 0) is 19.4 Å². The molecule has 0 unspecified atom stereocenters. The fourth-order valence-electron chi connectivity index (χ4n) is 1.82. The summed E-state index contributed by atoms with van der Waals surface area (Å²) >= 11 is 5.97. The first-order valence-electron chi connectivity index (χ1n) is 5.43. The van der Waals surface area contributed by atoms with Crippen molar-refractivity contribution in [2.75, 3.05) is 5.32 Å². The molecule has 0 amide bonds. The van der Waals surface area contributed by atoms with Crippen LogP contribution in [0.2, 0.25) is 5.02 Å². The van der Waals surface area contributed by atoms with Crippen LogP contribution in [-0.2, 0) is 4.79 Å². The van der Waals surface area contributed by atoms with Crippen molar-refractivity contribution in [1.29, 1.82) is 0 Å². The molecule has 6 heteroatoms. The molecule has 0 aliphatic heterocycles. The standard InChI is InChI=1S/C12H11ClN2O3/c1-7-10(4-5-12(7)16)14-11-6-8(15(17)18)2-3-9(11)13/h2-3,6,14H,4-5H2,1H3. The zero-order valence-corrected chi connectivity index (χ0v) is 10.5. The minimum atomic E-state index is -0.484. The average molecular weight is 267 g/mol. The predicted octanol–water partition coefficient (Wildman–Crippen LogP) is 3.30. The summed E-state index contributed by atoms with van der Waals surface area (Å²) in [7, 11) is 0. The van der Waals surface area contributed by atoms with Crippen LogP contribution in [0.25, 0.3) is 0 Å². The molecule has 0 radical (unpaired) electrons. The molecule has 5 nitrogen and oxygen atoms in total. The molecule has 0 saturated carbocycles. The van der Waals surface area contributed by atoms with E-state index < -0.39 is 4.92 Å². The third-order valence-corrected chi connectivity index (χ3v) is 3.25. The van der Waals surface area contributed by atoms with E-state index in [1.54, 1.807) is 6.92 Å². The quantitative estimate of drug-likeness (QED) is 0.673. The van der Waals surface area contributed by atoms with Gasteiger partial charge in [0, 0.05) is 29.8 Å². The Balaban J connectivity index is 2.32. The van der Waals surface area contributed by atoms with Gasteiger partial charge in [-0.15, -0.1) is 0 Å². The number of benzene rings is 1. The summed E-state index contributed by atoms with van der Waals surface area (Å²) in [5.74, 6) is 0.0963. The molecule has 0 fully saturated rings. The van der Waals surface area contributed by atoms with Crippen LogP contribution in [0.1, 0.15) is 19.8 Å². The van der Waals surface area contributed by atoms with Crippen LogP contribution >= 0.6 is 11.6 Å². The molecule has 18 heavy (non-hydrogen) atoms. The number of halogens is 1. The van der Waals surface area contributed by atoms with E-state index >= 15 is 0 Å². The molecule has 0 spiro atoms. The van der Waals surface area contributed by atoms with Gasteiger partial charge in [0.15, 0.2) is 5.78 Å². The van der Waals surface area contributed by atoms with Crippen LogP contribution in [0.15, 0.2) is 29.5 Å². The van der Waals surface area contributed by atoms with Crippen molar-refractivity contribution in [3.8, 4) is 0 Å². The molecule has 0 atom stereocenters. The number of anilines is 1. The van der Waals surface area contributed by atoms with Gasteiger partial charge in [0.25, 0.3) is 5.69 Å². The van der Waals surface area contributed by atoms with Crippen molar-refractivity contribution in [2.45, 2.75) is 19.8 Å². The number of carbonyl (C=O) groups is 1. The molecule has 0 bridgehead atoms. The molecule has 0 saturated heterocycles. The van der Waals surface area contributed by atoms with Crippen LogP contribution in [-0.4, -0.2) is 10.7 Å². The van der Waals surface area contributed by atoms with Crippen LogP contribution in [0.4, 0.5) is 11.4 Å². The van der Waals surface area contributed by atoms with Crippen LogP contribution in [0.3, 0.4) is 0 Å². The van der Waals surface area contributed by atoms with Gasteiger partial charge in [0.1, 0.15) is 0 Å². The van der Waals surface area contributed by atoms with E-state index in [1.165, 1.54) is 18.2 Å². The van der Waals surface area contributed by atoms with E-state index in [0.717, 1.165) is 5.70 Å². The van der Waals surface area contributed by atoms with Crippen molar-refractivity contribution in [2.24, 2.45) is 0 Å². The maximum atomic E-state index is 11.4. The van der Waals surface area contributed by atoms with Gasteiger partial charge in [-0.1, -0.05) is 11.6 Å². The van der Waals surface area contributed by atoms with Crippen molar-refractivity contribution < 1.29 is 9.72 Å². The van der Waals surface area contributed by atoms with E-state index in [4.69, 9.17) is 11.6 Å². The molecule has 1 aliphatic rings. The van der Waals surface area contributed by atoms with E-state index in [2.05, 4.69) is 5.32 Å². The molecule has 1 N–H and O–H groups in total. The van der Waals surface area contributed by atoms with Crippen LogP contribution in [0, 0.1) is 10.1 Å². The van der Waals surface area contributed by atoms with Gasteiger partial charge in [-0.2, -0.15) is 0 Å². The summed E-state index contributed by atoms with van der Waals surface area (Å²) in [4.78, 5) is 21.6. The number of hydrogen-bond donors (Lipinski definition) is 1. The number of nitrogens with one attached hydrogen (secondary N) is 1. The van der Waals surface area contributed by atoms with E-state index in [9.17, 15) is 14.9 Å². The van der Waals surface area contributed by atoms with Crippen molar-refractivity contribution >= 4 is 28.8 Å². The highest BCUT2D eigenvalue weighted by Gasteiger charge is 2.20. The van der Waals surface area contributed by atoms with Crippen molar-refractivity contribution in [1.82, 2.24) is 0 Å². The molecule has 1 aliphatic carbocycles. The van der Waals surface area contributed by atoms with Crippen LogP contribution < -0.4 is 5.32 Å². The Morgan fingerprint density at radius 3 is 2.67 bits per heavy atom. The lowest BCUT2D eigenvalue weighted by Gasteiger charge is -2.09. The molecule has 0 aromatic heterocycles. The van der Waals surface area contributed by atoms with Crippen molar-refractivity contribution in [3.05, 3.63) is 44.6 Å². The lowest BCUT2D eigenvalue weighted by molar-refractivity contribution is -0.384. The summed E-state index contributed by atoms with van der Waals surface area (Å²) in [5.41, 5.74) is 1.86. The maximum absolute atomic E-state index is 11.4. The molecule has 1 aromatic carbocycles. The Kier molecular flexibility index (Phi) is 3.34. The molecular weight excluding hydrogens is 256 g/mol. The summed E-state index contributed by atoms with van der Waals surface area (Å²) in [6, 6.07) is 4.18. The first kappa shape index (κ1) is 12.6. The topological polar surface area (TPSA) is 72.2 Å². The molecule has 94 valence electrons. The highest BCUT2D eigenvalue weighted by Crippen LogP contribution is 2.31. The molecule has 2 rings (SSSR count). The summed E-state index contributed by atoms with van der Waals surface area (Å²) in [6.45, 7) is 1.74. The number of hydrogen-bond acceptors (Lipinski definition) is 4. The first-order valence-corrected chi connectivity index (χ1v) is 5.80. The van der Waals surface area contributed by atoms with Gasteiger partial charge in [-0.3, -0.25) is 14.9 Å². The Morgan fingerprint density at radius 1 is 1.39 bits per heavy atom. The monoisotopic (exact) mass is 266 g/mol. The lowest BCUT2D eigenvalue weighted by Crippen LogP contribution is -2.01. The fourth-order valence-corrected chi connectivity index (χ4v) is 1.99. The minimum Gasteiger partial charge on any atom is -0.357 e. The zero-order chi connectivity index (χ0) is 13.3. The van der Waals surface area contributed by atoms with E-state index in [-0.39, 0.29) is 11.5 Å². The van der Waals surface area contributed by atoms with Gasteiger partial charge in [-0.25, -0.2) is 0 Å². The predicted molar refractivity (Wildman–Crippen MR) is 68.7 cm³/mol. The van der Waals surface area contributed by atoms with E-state index in [1.807, 2.05) is 0 Å². The number of Topliss-reactive ketones (excluding diaryl/α,β-unsaturated/α-hetero) is 1. The van der Waals surface area contributed by atoms with Gasteiger partial charge >= 0.3 is 0 Å². The highest BCUT2D eigenvalue weighted by molar-refractivity contribution is 6.33. The third kappa shape index (κ3) is 2.36. The number of nitro groups is 1. The average Bonchev–Trinajstić information content (AvgIpc) is 2.63. The first-order chi connectivity index (χ1) is 8.49. The second-order valence-electron chi connectivity index (χ2n) is 4.07. The number of allylic oxidation sites excluding steroid dienone is 2. The number of ketones is 1. The third-order valence-electron chi connectivity index (χ3n) is 2.92. The highest BCUT2D eigenvalue weighted by atomic mass is 35.5. The molecule has 1 aromatic rings. The second kappa shape index (κ2) is 4.78. The van der Waals surface area contributed by atoms with E-state index in [0.29, 0.717) is 29.1 Å². The Hall–Kier alpha value is -1.88. The second-order valence-corrected chi connectivity index (χ2v) is 4.48. The number of nitro benzene ring substituents is 1. The number of carbonyl (C=O) groups excluding carboxylic acids is 1. The Labute approximate surface area is 109 Å². The summed E-state index contributed by atoms with van der Waals surface area (Å²) in [5, 5.41) is 14.1. The molecular formula is C12H11ClN2O3.